The maximum Gasteiger partial charge on any atom is 0.254 e. The van der Waals surface area contributed by atoms with Crippen molar-refractivity contribution in [2.75, 3.05) is 13.7 Å². The van der Waals surface area contributed by atoms with Crippen LogP contribution in [-0.2, 0) is 4.74 Å². The molecular formula is C12H16FNO2. The number of carbonyl (C=O) groups excluding carboxylic acids is 1. The van der Waals surface area contributed by atoms with E-state index in [1.165, 1.54) is 6.07 Å². The highest BCUT2D eigenvalue weighted by Crippen LogP contribution is 2.11. The largest absolute Gasteiger partial charge is 0.383 e. The van der Waals surface area contributed by atoms with Crippen LogP contribution in [0.2, 0.25) is 0 Å². The summed E-state index contributed by atoms with van der Waals surface area (Å²) >= 11 is 0. The van der Waals surface area contributed by atoms with Crippen LogP contribution >= 0.6 is 0 Å². The van der Waals surface area contributed by atoms with Gasteiger partial charge in [0.2, 0.25) is 0 Å². The Balaban J connectivity index is 2.77. The lowest BCUT2D eigenvalue weighted by Crippen LogP contribution is -2.36. The third kappa shape index (κ3) is 3.03. The zero-order valence-electron chi connectivity index (χ0n) is 9.71. The first-order chi connectivity index (χ1) is 7.56. The normalized spacial score (nSPS) is 12.2. The fraction of sp³-hybridized carbons (Fsp3) is 0.417. The molecule has 1 N–H and O–H groups in total. The van der Waals surface area contributed by atoms with E-state index >= 15 is 0 Å². The van der Waals surface area contributed by atoms with Crippen LogP contribution in [0.1, 0.15) is 22.8 Å². The van der Waals surface area contributed by atoms with Crippen LogP contribution in [0.15, 0.2) is 18.2 Å². The number of rotatable bonds is 4. The van der Waals surface area contributed by atoms with Crippen molar-refractivity contribution in [3.8, 4) is 0 Å². The lowest BCUT2D eigenvalue weighted by molar-refractivity contribution is 0.0901. The number of amides is 1. The van der Waals surface area contributed by atoms with Gasteiger partial charge >= 0.3 is 0 Å². The first kappa shape index (κ1) is 12.6. The molecular weight excluding hydrogens is 209 g/mol. The number of benzene rings is 1. The molecule has 0 aromatic heterocycles. The lowest BCUT2D eigenvalue weighted by Gasteiger charge is -2.13. The molecule has 0 radical (unpaired) electrons. The fourth-order valence-corrected chi connectivity index (χ4v) is 1.42. The second-order valence-electron chi connectivity index (χ2n) is 3.77. The molecule has 0 aliphatic rings. The van der Waals surface area contributed by atoms with Gasteiger partial charge in [-0.05, 0) is 25.5 Å². The number of carbonyl (C=O) groups is 1. The molecule has 0 spiro atoms. The van der Waals surface area contributed by atoms with Gasteiger partial charge in [-0.15, -0.1) is 0 Å². The molecule has 1 amide bonds. The average Bonchev–Trinajstić information content (AvgIpc) is 2.22. The van der Waals surface area contributed by atoms with Crippen LogP contribution in [-0.4, -0.2) is 25.7 Å². The second kappa shape index (κ2) is 5.61. The second-order valence-corrected chi connectivity index (χ2v) is 3.77. The Morgan fingerprint density at radius 1 is 1.56 bits per heavy atom. The third-order valence-corrected chi connectivity index (χ3v) is 2.23. The Hall–Kier alpha value is -1.42. The highest BCUT2D eigenvalue weighted by molar-refractivity contribution is 5.94. The number of nitrogens with one attached hydrogen (secondary N) is 1. The summed E-state index contributed by atoms with van der Waals surface area (Å²) in [6.45, 7) is 3.83. The molecule has 1 aromatic carbocycles. The highest BCUT2D eigenvalue weighted by Gasteiger charge is 2.14. The summed E-state index contributed by atoms with van der Waals surface area (Å²) in [6.07, 6.45) is 0. The standard InChI is InChI=1S/C12H16FNO2/c1-8-5-4-6-10(11(8)13)12(15)14-9(2)7-16-3/h4-6,9H,7H2,1-3H3,(H,14,15). The van der Waals surface area contributed by atoms with Crippen LogP contribution in [0.5, 0.6) is 0 Å². The van der Waals surface area contributed by atoms with E-state index in [2.05, 4.69) is 5.32 Å². The molecule has 0 aliphatic heterocycles. The molecule has 88 valence electrons. The van der Waals surface area contributed by atoms with Crippen LogP contribution in [0.25, 0.3) is 0 Å². The van der Waals surface area contributed by atoms with E-state index in [-0.39, 0.29) is 11.6 Å². The monoisotopic (exact) mass is 225 g/mol. The smallest absolute Gasteiger partial charge is 0.254 e. The quantitative estimate of drug-likeness (QED) is 0.850. The van der Waals surface area contributed by atoms with Gasteiger partial charge in [-0.25, -0.2) is 4.39 Å². The summed E-state index contributed by atoms with van der Waals surface area (Å²) in [5.41, 5.74) is 0.537. The molecule has 1 aromatic rings. The first-order valence-corrected chi connectivity index (χ1v) is 5.11. The zero-order valence-corrected chi connectivity index (χ0v) is 9.71. The van der Waals surface area contributed by atoms with Crippen LogP contribution in [0.4, 0.5) is 4.39 Å². The molecule has 0 fully saturated rings. The molecule has 0 saturated heterocycles. The van der Waals surface area contributed by atoms with E-state index in [1.54, 1.807) is 33.1 Å². The Bertz CT molecular complexity index is 379. The number of aryl methyl sites for hydroxylation is 1. The van der Waals surface area contributed by atoms with E-state index in [1.807, 2.05) is 0 Å². The minimum Gasteiger partial charge on any atom is -0.383 e. The van der Waals surface area contributed by atoms with Gasteiger partial charge in [0.15, 0.2) is 0 Å². The van der Waals surface area contributed by atoms with E-state index in [9.17, 15) is 9.18 Å². The number of methoxy groups -OCH3 is 1. The molecule has 0 heterocycles. The third-order valence-electron chi connectivity index (χ3n) is 2.23. The SMILES string of the molecule is COCC(C)NC(=O)c1cccc(C)c1F. The first-order valence-electron chi connectivity index (χ1n) is 5.11. The van der Waals surface area contributed by atoms with E-state index in [0.717, 1.165) is 0 Å². The Labute approximate surface area is 94.6 Å². The average molecular weight is 225 g/mol. The Morgan fingerprint density at radius 2 is 2.25 bits per heavy atom. The molecule has 3 nitrogen and oxygen atoms in total. The van der Waals surface area contributed by atoms with Crippen molar-refractivity contribution >= 4 is 5.91 Å². The molecule has 16 heavy (non-hydrogen) atoms. The van der Waals surface area contributed by atoms with Crippen molar-refractivity contribution in [2.24, 2.45) is 0 Å². The van der Waals surface area contributed by atoms with Crippen molar-refractivity contribution < 1.29 is 13.9 Å². The molecule has 1 atom stereocenters. The predicted molar refractivity (Wildman–Crippen MR) is 59.9 cm³/mol. The maximum absolute atomic E-state index is 13.6. The number of hydrogen-bond acceptors (Lipinski definition) is 2. The predicted octanol–water partition coefficient (Wildman–Crippen LogP) is 1.90. The van der Waals surface area contributed by atoms with Gasteiger partial charge in [-0.3, -0.25) is 4.79 Å². The van der Waals surface area contributed by atoms with Gasteiger partial charge in [0.1, 0.15) is 5.82 Å². The summed E-state index contributed by atoms with van der Waals surface area (Å²) in [5.74, 6) is -0.879. The number of ether oxygens (including phenoxy) is 1. The molecule has 1 unspecified atom stereocenters. The summed E-state index contributed by atoms with van der Waals surface area (Å²) in [4.78, 5) is 11.7. The van der Waals surface area contributed by atoms with Gasteiger partial charge < -0.3 is 10.1 Å². The van der Waals surface area contributed by atoms with Crippen LogP contribution < -0.4 is 5.32 Å². The number of hydrogen-bond donors (Lipinski definition) is 1. The Morgan fingerprint density at radius 3 is 2.88 bits per heavy atom. The van der Waals surface area contributed by atoms with Crippen molar-refractivity contribution in [3.05, 3.63) is 35.1 Å². The van der Waals surface area contributed by atoms with E-state index in [0.29, 0.717) is 12.2 Å². The van der Waals surface area contributed by atoms with Gasteiger partial charge in [-0.2, -0.15) is 0 Å². The topological polar surface area (TPSA) is 38.3 Å². The van der Waals surface area contributed by atoms with E-state index in [4.69, 9.17) is 4.74 Å². The van der Waals surface area contributed by atoms with Gasteiger partial charge in [0.05, 0.1) is 12.2 Å². The van der Waals surface area contributed by atoms with Crippen molar-refractivity contribution in [1.82, 2.24) is 5.32 Å². The number of halogens is 1. The summed E-state index contributed by atoms with van der Waals surface area (Å²) in [5, 5.41) is 2.66. The lowest BCUT2D eigenvalue weighted by atomic mass is 10.1. The van der Waals surface area contributed by atoms with Gasteiger partial charge in [0.25, 0.3) is 5.91 Å². The zero-order chi connectivity index (χ0) is 12.1. The summed E-state index contributed by atoms with van der Waals surface area (Å²) in [7, 11) is 1.55. The van der Waals surface area contributed by atoms with E-state index < -0.39 is 11.7 Å². The van der Waals surface area contributed by atoms with Crippen LogP contribution in [0, 0.1) is 12.7 Å². The molecule has 0 aliphatic carbocycles. The van der Waals surface area contributed by atoms with Gasteiger partial charge in [0, 0.05) is 13.2 Å². The molecule has 0 saturated carbocycles. The highest BCUT2D eigenvalue weighted by atomic mass is 19.1. The molecule has 4 heteroatoms. The van der Waals surface area contributed by atoms with Crippen molar-refractivity contribution in [3.63, 3.8) is 0 Å². The summed E-state index contributed by atoms with van der Waals surface area (Å²) in [6, 6.07) is 4.62. The van der Waals surface area contributed by atoms with Crippen molar-refractivity contribution in [2.45, 2.75) is 19.9 Å². The minimum absolute atomic E-state index is 0.0722. The fourth-order valence-electron chi connectivity index (χ4n) is 1.42. The van der Waals surface area contributed by atoms with Gasteiger partial charge in [-0.1, -0.05) is 12.1 Å². The minimum atomic E-state index is -0.468. The maximum atomic E-state index is 13.6. The molecule has 1 rings (SSSR count). The Kier molecular flexibility index (Phi) is 4.43. The summed E-state index contributed by atoms with van der Waals surface area (Å²) < 4.78 is 18.5. The van der Waals surface area contributed by atoms with Crippen LogP contribution in [0.3, 0.4) is 0 Å². The molecule has 0 bridgehead atoms. The van der Waals surface area contributed by atoms with Crippen molar-refractivity contribution in [1.29, 1.82) is 0 Å².